The van der Waals surface area contributed by atoms with Gasteiger partial charge in [-0.2, -0.15) is 0 Å². The molecule has 2 aromatic rings. The van der Waals surface area contributed by atoms with E-state index in [9.17, 15) is 9.59 Å². The average Bonchev–Trinajstić information content (AvgIpc) is 2.59. The van der Waals surface area contributed by atoms with Gasteiger partial charge in [-0.3, -0.25) is 0 Å². The van der Waals surface area contributed by atoms with E-state index in [2.05, 4.69) is 15.9 Å². The minimum Gasteiger partial charge on any atom is -0.481 e. The van der Waals surface area contributed by atoms with Crippen LogP contribution in [-0.4, -0.2) is 25.2 Å². The fourth-order valence-electron chi connectivity index (χ4n) is 2.01. The maximum atomic E-state index is 11.9. The van der Waals surface area contributed by atoms with Crippen molar-refractivity contribution in [3.05, 3.63) is 58.1 Å². The van der Waals surface area contributed by atoms with E-state index in [0.29, 0.717) is 23.7 Å². The quantitative estimate of drug-likeness (QED) is 0.485. The molecule has 0 aromatic heterocycles. The SMILES string of the molecule is Cc1ccc(OCC(=O)Oc2ccc(C(=O)OCC(C)C)cc2)c(Br)c1. The van der Waals surface area contributed by atoms with Crippen LogP contribution in [0.2, 0.25) is 0 Å². The highest BCUT2D eigenvalue weighted by atomic mass is 79.9. The van der Waals surface area contributed by atoms with Gasteiger partial charge in [0.2, 0.25) is 0 Å². The second-order valence-corrected chi connectivity index (χ2v) is 7.07. The summed E-state index contributed by atoms with van der Waals surface area (Å²) >= 11 is 3.39. The Kier molecular flexibility index (Phi) is 7.21. The third-order valence-corrected chi connectivity index (χ3v) is 3.92. The summed E-state index contributed by atoms with van der Waals surface area (Å²) in [6.07, 6.45) is 0. The fraction of sp³-hybridized carbons (Fsp3) is 0.300. The highest BCUT2D eigenvalue weighted by molar-refractivity contribution is 9.10. The van der Waals surface area contributed by atoms with Crippen LogP contribution in [0, 0.1) is 12.8 Å². The van der Waals surface area contributed by atoms with E-state index in [1.807, 2.05) is 32.9 Å². The number of esters is 2. The molecule has 0 N–H and O–H groups in total. The molecule has 0 radical (unpaired) electrons. The first-order valence-corrected chi connectivity index (χ1v) is 9.01. The fourth-order valence-corrected chi connectivity index (χ4v) is 2.61. The lowest BCUT2D eigenvalue weighted by molar-refractivity contribution is -0.136. The normalized spacial score (nSPS) is 10.5. The molecule has 138 valence electrons. The van der Waals surface area contributed by atoms with Gasteiger partial charge in [0.05, 0.1) is 16.6 Å². The van der Waals surface area contributed by atoms with E-state index in [-0.39, 0.29) is 12.5 Å². The third kappa shape index (κ3) is 6.19. The number of hydrogen-bond acceptors (Lipinski definition) is 5. The standard InChI is InChI=1S/C20H21BrO5/c1-13(2)11-25-20(23)15-5-7-16(8-6-15)26-19(22)12-24-18-9-4-14(3)10-17(18)21/h4-10,13H,11-12H2,1-3H3. The van der Waals surface area contributed by atoms with Gasteiger partial charge in [-0.15, -0.1) is 0 Å². The van der Waals surface area contributed by atoms with E-state index in [1.54, 1.807) is 30.3 Å². The molecule has 0 aliphatic rings. The van der Waals surface area contributed by atoms with Gasteiger partial charge in [-0.25, -0.2) is 9.59 Å². The third-order valence-electron chi connectivity index (χ3n) is 3.30. The zero-order valence-electron chi connectivity index (χ0n) is 15.0. The lowest BCUT2D eigenvalue weighted by Gasteiger charge is -2.09. The Balaban J connectivity index is 1.86. The van der Waals surface area contributed by atoms with E-state index in [4.69, 9.17) is 14.2 Å². The molecule has 2 aromatic carbocycles. The summed E-state index contributed by atoms with van der Waals surface area (Å²) in [4.78, 5) is 23.7. The van der Waals surface area contributed by atoms with Gasteiger partial charge in [-0.05, 0) is 70.7 Å². The predicted octanol–water partition coefficient (Wildman–Crippen LogP) is 4.55. The van der Waals surface area contributed by atoms with Gasteiger partial charge in [0, 0.05) is 0 Å². The van der Waals surface area contributed by atoms with E-state index in [0.717, 1.165) is 10.0 Å². The molecule has 5 nitrogen and oxygen atoms in total. The van der Waals surface area contributed by atoms with Gasteiger partial charge in [0.15, 0.2) is 6.61 Å². The van der Waals surface area contributed by atoms with Crippen molar-refractivity contribution >= 4 is 27.9 Å². The van der Waals surface area contributed by atoms with Crippen LogP contribution in [0.3, 0.4) is 0 Å². The molecule has 6 heteroatoms. The van der Waals surface area contributed by atoms with Crippen LogP contribution in [0.1, 0.15) is 29.8 Å². The lowest BCUT2D eigenvalue weighted by Crippen LogP contribution is -2.18. The van der Waals surface area contributed by atoms with Crippen LogP contribution in [0.25, 0.3) is 0 Å². The Labute approximate surface area is 161 Å². The first kappa shape index (κ1) is 20.0. The highest BCUT2D eigenvalue weighted by Gasteiger charge is 2.11. The largest absolute Gasteiger partial charge is 0.481 e. The number of carbonyl (C=O) groups is 2. The second kappa shape index (κ2) is 9.38. The topological polar surface area (TPSA) is 61.8 Å². The molecule has 26 heavy (non-hydrogen) atoms. The molecule has 0 saturated carbocycles. The first-order chi connectivity index (χ1) is 12.3. The number of ether oxygens (including phenoxy) is 3. The van der Waals surface area contributed by atoms with Crippen molar-refractivity contribution in [2.45, 2.75) is 20.8 Å². The average molecular weight is 421 g/mol. The van der Waals surface area contributed by atoms with Crippen LogP contribution in [0.4, 0.5) is 0 Å². The summed E-state index contributed by atoms with van der Waals surface area (Å²) in [5, 5.41) is 0. The number of rotatable bonds is 7. The summed E-state index contributed by atoms with van der Waals surface area (Å²) in [5.41, 5.74) is 1.49. The highest BCUT2D eigenvalue weighted by Crippen LogP contribution is 2.25. The Morgan fingerprint density at radius 1 is 1.08 bits per heavy atom. The summed E-state index contributed by atoms with van der Waals surface area (Å²) in [5.74, 6) is 0.238. The summed E-state index contributed by atoms with van der Waals surface area (Å²) < 4.78 is 16.6. The minimum absolute atomic E-state index is 0.222. The monoisotopic (exact) mass is 420 g/mol. The van der Waals surface area contributed by atoms with Gasteiger partial charge < -0.3 is 14.2 Å². The van der Waals surface area contributed by atoms with Crippen molar-refractivity contribution in [2.75, 3.05) is 13.2 Å². The number of carbonyl (C=O) groups excluding carboxylic acids is 2. The van der Waals surface area contributed by atoms with Crippen LogP contribution in [0.5, 0.6) is 11.5 Å². The number of halogens is 1. The second-order valence-electron chi connectivity index (χ2n) is 6.21. The van der Waals surface area contributed by atoms with Crippen molar-refractivity contribution in [1.29, 1.82) is 0 Å². The maximum Gasteiger partial charge on any atom is 0.349 e. The summed E-state index contributed by atoms with van der Waals surface area (Å²) in [6.45, 7) is 6.03. The Bertz CT molecular complexity index is 768. The number of benzene rings is 2. The molecule has 0 heterocycles. The maximum absolute atomic E-state index is 11.9. The molecule has 0 fully saturated rings. The van der Waals surface area contributed by atoms with Crippen molar-refractivity contribution in [2.24, 2.45) is 5.92 Å². The molecule has 0 unspecified atom stereocenters. The molecule has 0 spiro atoms. The molecular formula is C20H21BrO5. The molecule has 0 aliphatic heterocycles. The molecule has 2 rings (SSSR count). The van der Waals surface area contributed by atoms with Gasteiger partial charge >= 0.3 is 11.9 Å². The van der Waals surface area contributed by atoms with Crippen LogP contribution in [0.15, 0.2) is 46.9 Å². The number of hydrogen-bond donors (Lipinski definition) is 0. The molecule has 0 saturated heterocycles. The molecule has 0 aliphatic carbocycles. The molecular weight excluding hydrogens is 400 g/mol. The molecule has 0 bridgehead atoms. The lowest BCUT2D eigenvalue weighted by atomic mass is 10.2. The predicted molar refractivity (Wildman–Crippen MR) is 102 cm³/mol. The first-order valence-electron chi connectivity index (χ1n) is 8.22. The van der Waals surface area contributed by atoms with Crippen LogP contribution in [-0.2, 0) is 9.53 Å². The van der Waals surface area contributed by atoms with Crippen LogP contribution < -0.4 is 9.47 Å². The van der Waals surface area contributed by atoms with Crippen molar-refractivity contribution < 1.29 is 23.8 Å². The van der Waals surface area contributed by atoms with Crippen molar-refractivity contribution in [3.8, 4) is 11.5 Å². The van der Waals surface area contributed by atoms with Crippen LogP contribution >= 0.6 is 15.9 Å². The molecule has 0 amide bonds. The number of aryl methyl sites for hydroxylation is 1. The zero-order chi connectivity index (χ0) is 19.1. The van der Waals surface area contributed by atoms with Crippen molar-refractivity contribution in [3.63, 3.8) is 0 Å². The van der Waals surface area contributed by atoms with E-state index >= 15 is 0 Å². The van der Waals surface area contributed by atoms with Gasteiger partial charge in [-0.1, -0.05) is 19.9 Å². The van der Waals surface area contributed by atoms with E-state index < -0.39 is 11.9 Å². The Morgan fingerprint density at radius 2 is 1.77 bits per heavy atom. The summed E-state index contributed by atoms with van der Waals surface area (Å²) in [6, 6.07) is 11.8. The van der Waals surface area contributed by atoms with E-state index in [1.165, 1.54) is 0 Å². The summed E-state index contributed by atoms with van der Waals surface area (Å²) in [7, 11) is 0. The Morgan fingerprint density at radius 3 is 2.38 bits per heavy atom. The molecule has 0 atom stereocenters. The zero-order valence-corrected chi connectivity index (χ0v) is 16.5. The Hall–Kier alpha value is -2.34. The van der Waals surface area contributed by atoms with Gasteiger partial charge in [0.25, 0.3) is 0 Å². The minimum atomic E-state index is -0.535. The smallest absolute Gasteiger partial charge is 0.349 e. The van der Waals surface area contributed by atoms with Crippen molar-refractivity contribution in [1.82, 2.24) is 0 Å². The van der Waals surface area contributed by atoms with Gasteiger partial charge in [0.1, 0.15) is 11.5 Å².